The molecule has 2 heterocycles. The van der Waals surface area contributed by atoms with Crippen LogP contribution in [0.15, 0.2) is 30.5 Å². The molecule has 0 bridgehead atoms. The average Bonchev–Trinajstić information content (AvgIpc) is 2.95. The topological polar surface area (TPSA) is 84.7 Å². The number of rotatable bonds is 2. The van der Waals surface area contributed by atoms with E-state index < -0.39 is 4.92 Å². The third kappa shape index (κ3) is 1.56. The highest BCUT2D eigenvalue weighted by atomic mass is 32.1. The third-order valence-corrected chi connectivity index (χ3v) is 3.36. The summed E-state index contributed by atoms with van der Waals surface area (Å²) in [4.78, 5) is 14.7. The maximum absolute atomic E-state index is 10.8. The van der Waals surface area contributed by atoms with Gasteiger partial charge in [-0.05, 0) is 12.1 Å². The Balaban J connectivity index is 2.20. The fourth-order valence-electron chi connectivity index (χ4n) is 1.55. The van der Waals surface area contributed by atoms with E-state index in [0.29, 0.717) is 5.01 Å². The van der Waals surface area contributed by atoms with Gasteiger partial charge >= 0.3 is 5.69 Å². The SMILES string of the molecule is O=[N+]([O-])c1c[nH]nc1-c1nc2ccccc2s1. The van der Waals surface area contributed by atoms with Crippen LogP contribution in [0.2, 0.25) is 0 Å². The van der Waals surface area contributed by atoms with Gasteiger partial charge in [0.2, 0.25) is 0 Å². The highest BCUT2D eigenvalue weighted by Crippen LogP contribution is 2.33. The van der Waals surface area contributed by atoms with E-state index in [1.807, 2.05) is 24.3 Å². The molecule has 84 valence electrons. The number of aromatic amines is 1. The molecule has 0 aliphatic carbocycles. The van der Waals surface area contributed by atoms with Crippen molar-refractivity contribution in [2.75, 3.05) is 0 Å². The lowest BCUT2D eigenvalue weighted by atomic mass is 10.3. The van der Waals surface area contributed by atoms with Gasteiger partial charge in [-0.25, -0.2) is 4.98 Å². The highest BCUT2D eigenvalue weighted by molar-refractivity contribution is 7.21. The van der Waals surface area contributed by atoms with Gasteiger partial charge in [-0.2, -0.15) is 5.10 Å². The quantitative estimate of drug-likeness (QED) is 0.556. The minimum absolute atomic E-state index is 0.0518. The summed E-state index contributed by atoms with van der Waals surface area (Å²) >= 11 is 1.39. The number of fused-ring (bicyclic) bond motifs is 1. The molecule has 17 heavy (non-hydrogen) atoms. The first-order valence-electron chi connectivity index (χ1n) is 4.80. The Morgan fingerprint density at radius 3 is 2.94 bits per heavy atom. The van der Waals surface area contributed by atoms with Crippen LogP contribution in [0, 0.1) is 10.1 Å². The number of nitrogens with one attached hydrogen (secondary N) is 1. The predicted molar refractivity (Wildman–Crippen MR) is 63.9 cm³/mol. The molecule has 0 aliphatic heterocycles. The molecule has 0 saturated carbocycles. The Hall–Kier alpha value is -2.28. The van der Waals surface area contributed by atoms with Gasteiger partial charge in [0.15, 0.2) is 10.7 Å². The fraction of sp³-hybridized carbons (Fsp3) is 0. The lowest BCUT2D eigenvalue weighted by Gasteiger charge is -1.88. The van der Waals surface area contributed by atoms with E-state index in [1.54, 1.807) is 0 Å². The zero-order valence-electron chi connectivity index (χ0n) is 8.45. The van der Waals surface area contributed by atoms with Gasteiger partial charge in [-0.1, -0.05) is 12.1 Å². The van der Waals surface area contributed by atoms with Crippen molar-refractivity contribution in [1.29, 1.82) is 0 Å². The molecule has 3 rings (SSSR count). The second kappa shape index (κ2) is 3.63. The smallest absolute Gasteiger partial charge is 0.278 e. The van der Waals surface area contributed by atoms with Crippen LogP contribution < -0.4 is 0 Å². The minimum atomic E-state index is -0.467. The molecule has 2 aromatic heterocycles. The number of aromatic nitrogens is 3. The van der Waals surface area contributed by atoms with Gasteiger partial charge in [0.05, 0.1) is 15.1 Å². The van der Waals surface area contributed by atoms with Gasteiger partial charge in [0, 0.05) is 0 Å². The van der Waals surface area contributed by atoms with Gasteiger partial charge in [0.25, 0.3) is 0 Å². The average molecular weight is 246 g/mol. The highest BCUT2D eigenvalue weighted by Gasteiger charge is 2.21. The van der Waals surface area contributed by atoms with Crippen molar-refractivity contribution >= 4 is 27.2 Å². The maximum Gasteiger partial charge on any atom is 0.317 e. The fourth-order valence-corrected chi connectivity index (χ4v) is 2.52. The van der Waals surface area contributed by atoms with Crippen molar-refractivity contribution in [3.63, 3.8) is 0 Å². The van der Waals surface area contributed by atoms with Crippen LogP contribution in [0.5, 0.6) is 0 Å². The summed E-state index contributed by atoms with van der Waals surface area (Å²) in [7, 11) is 0. The van der Waals surface area contributed by atoms with Gasteiger partial charge in [0.1, 0.15) is 6.20 Å². The van der Waals surface area contributed by atoms with Gasteiger partial charge < -0.3 is 0 Å². The molecule has 0 radical (unpaired) electrons. The number of thiazole rings is 1. The summed E-state index contributed by atoms with van der Waals surface area (Å²) in [6.45, 7) is 0. The number of nitro groups is 1. The van der Waals surface area contributed by atoms with Crippen molar-refractivity contribution in [1.82, 2.24) is 15.2 Å². The minimum Gasteiger partial charge on any atom is -0.278 e. The maximum atomic E-state index is 10.8. The Bertz CT molecular complexity index is 670. The number of hydrogen-bond donors (Lipinski definition) is 1. The van der Waals surface area contributed by atoms with E-state index >= 15 is 0 Å². The predicted octanol–water partition coefficient (Wildman–Crippen LogP) is 2.59. The first-order chi connectivity index (χ1) is 8.25. The molecule has 0 spiro atoms. The Morgan fingerprint density at radius 1 is 1.35 bits per heavy atom. The lowest BCUT2D eigenvalue weighted by molar-refractivity contribution is -0.384. The molecule has 1 N–H and O–H groups in total. The summed E-state index contributed by atoms with van der Waals surface area (Å²) in [6.07, 6.45) is 1.27. The number of H-pyrrole nitrogens is 1. The molecule has 0 aliphatic rings. The van der Waals surface area contributed by atoms with E-state index in [2.05, 4.69) is 15.2 Å². The summed E-state index contributed by atoms with van der Waals surface area (Å²) in [5.41, 5.74) is 1.06. The zero-order valence-corrected chi connectivity index (χ0v) is 9.27. The normalized spacial score (nSPS) is 10.8. The van der Waals surface area contributed by atoms with Crippen molar-refractivity contribution in [2.24, 2.45) is 0 Å². The van der Waals surface area contributed by atoms with Crippen molar-refractivity contribution in [3.8, 4) is 10.7 Å². The summed E-state index contributed by atoms with van der Waals surface area (Å²) in [6, 6.07) is 7.58. The molecule has 0 saturated heterocycles. The summed E-state index contributed by atoms with van der Waals surface area (Å²) in [5, 5.41) is 17.7. The monoisotopic (exact) mass is 246 g/mol. The van der Waals surface area contributed by atoms with Crippen LogP contribution in [0.1, 0.15) is 0 Å². The van der Waals surface area contributed by atoms with Crippen LogP contribution in [0.4, 0.5) is 5.69 Å². The lowest BCUT2D eigenvalue weighted by Crippen LogP contribution is -1.88. The van der Waals surface area contributed by atoms with Gasteiger partial charge in [-0.15, -0.1) is 11.3 Å². The Labute approximate surface area is 99.1 Å². The van der Waals surface area contributed by atoms with Crippen LogP contribution in [-0.2, 0) is 0 Å². The van der Waals surface area contributed by atoms with E-state index in [9.17, 15) is 10.1 Å². The van der Waals surface area contributed by atoms with E-state index in [1.165, 1.54) is 17.5 Å². The number of nitrogens with zero attached hydrogens (tertiary/aromatic N) is 3. The molecular formula is C10H6N4O2S. The molecule has 6 nitrogen and oxygen atoms in total. The number of para-hydroxylation sites is 1. The Morgan fingerprint density at radius 2 is 2.18 bits per heavy atom. The molecule has 1 aromatic carbocycles. The van der Waals surface area contributed by atoms with Crippen LogP contribution in [-0.4, -0.2) is 20.1 Å². The molecule has 3 aromatic rings. The molecule has 0 fully saturated rings. The summed E-state index contributed by atoms with van der Waals surface area (Å²) in [5.74, 6) is 0. The number of benzene rings is 1. The molecule has 7 heteroatoms. The van der Waals surface area contributed by atoms with Crippen molar-refractivity contribution < 1.29 is 4.92 Å². The van der Waals surface area contributed by atoms with Crippen molar-refractivity contribution in [3.05, 3.63) is 40.6 Å². The largest absolute Gasteiger partial charge is 0.317 e. The molecule has 0 amide bonds. The first-order valence-corrected chi connectivity index (χ1v) is 5.61. The molecule has 0 unspecified atom stereocenters. The zero-order chi connectivity index (χ0) is 11.8. The van der Waals surface area contributed by atoms with E-state index in [-0.39, 0.29) is 11.4 Å². The third-order valence-electron chi connectivity index (χ3n) is 2.31. The van der Waals surface area contributed by atoms with E-state index in [0.717, 1.165) is 10.2 Å². The second-order valence-electron chi connectivity index (χ2n) is 3.36. The number of hydrogen-bond acceptors (Lipinski definition) is 5. The first kappa shape index (κ1) is 9.91. The van der Waals surface area contributed by atoms with Crippen LogP contribution >= 0.6 is 11.3 Å². The standard InChI is InChI=1S/C10H6N4O2S/c15-14(16)7-5-11-13-9(7)10-12-6-3-1-2-4-8(6)17-10/h1-5H,(H,11,13). The molecule has 0 atom stereocenters. The van der Waals surface area contributed by atoms with Crippen LogP contribution in [0.25, 0.3) is 20.9 Å². The Kier molecular flexibility index (Phi) is 2.12. The molecular weight excluding hydrogens is 240 g/mol. The second-order valence-corrected chi connectivity index (χ2v) is 4.39. The van der Waals surface area contributed by atoms with Gasteiger partial charge in [-0.3, -0.25) is 15.2 Å². The summed E-state index contributed by atoms with van der Waals surface area (Å²) < 4.78 is 0.986. The van der Waals surface area contributed by atoms with Crippen LogP contribution in [0.3, 0.4) is 0 Å². The van der Waals surface area contributed by atoms with Crippen molar-refractivity contribution in [2.45, 2.75) is 0 Å². The van der Waals surface area contributed by atoms with E-state index in [4.69, 9.17) is 0 Å².